The molecule has 8 aromatic carbocycles. The third kappa shape index (κ3) is 5.25. The molecular weight excluding hydrogens is 691 g/mol. The van der Waals surface area contributed by atoms with Crippen LogP contribution in [0.5, 0.6) is 11.5 Å². The van der Waals surface area contributed by atoms with Crippen molar-refractivity contribution in [3.05, 3.63) is 252 Å². The van der Waals surface area contributed by atoms with Gasteiger partial charge in [-0.25, -0.2) is 0 Å². The van der Waals surface area contributed by atoms with E-state index in [0.717, 1.165) is 46.1 Å². The molecule has 2 heterocycles. The van der Waals surface area contributed by atoms with E-state index in [1.165, 1.54) is 50.1 Å². The molecule has 0 radical (unpaired) electrons. The molecule has 1 aliphatic carbocycles. The number of hydrogen-bond donors (Lipinski definition) is 0. The van der Waals surface area contributed by atoms with Gasteiger partial charge in [0, 0.05) is 22.7 Å². The van der Waals surface area contributed by atoms with Crippen molar-refractivity contribution in [1.82, 2.24) is 0 Å². The van der Waals surface area contributed by atoms with Gasteiger partial charge in [0.15, 0.2) is 0 Å². The van der Waals surface area contributed by atoms with Gasteiger partial charge in [0.1, 0.15) is 11.5 Å². The fourth-order valence-electron chi connectivity index (χ4n) is 9.65. The fraction of sp³-hybridized carbons (Fsp3) is 0.0545. The van der Waals surface area contributed by atoms with E-state index in [9.17, 15) is 0 Å². The van der Waals surface area contributed by atoms with Crippen LogP contribution in [0, 0.1) is 0 Å². The molecule has 3 aliphatic rings. The lowest BCUT2D eigenvalue weighted by molar-refractivity contribution is 0.434. The first kappa shape index (κ1) is 33.2. The highest BCUT2D eigenvalue weighted by Crippen LogP contribution is 2.63. The number of benzene rings is 8. The molecule has 57 heavy (non-hydrogen) atoms. The number of anilines is 3. The summed E-state index contributed by atoms with van der Waals surface area (Å²) in [5.74, 6) is 1.96. The molecule has 1 spiro atoms. The van der Waals surface area contributed by atoms with Gasteiger partial charge in [0.2, 0.25) is 0 Å². The fourth-order valence-corrected chi connectivity index (χ4v) is 9.65. The molecule has 0 saturated heterocycles. The molecule has 2 heteroatoms. The Morgan fingerprint density at radius 3 is 1.68 bits per heavy atom. The zero-order valence-corrected chi connectivity index (χ0v) is 31.4. The third-order valence-corrected chi connectivity index (χ3v) is 12.1. The van der Waals surface area contributed by atoms with Crippen LogP contribution >= 0.6 is 0 Å². The minimum Gasteiger partial charge on any atom is -0.457 e. The summed E-state index contributed by atoms with van der Waals surface area (Å²) in [5.41, 5.74) is 16.2. The van der Waals surface area contributed by atoms with Crippen LogP contribution in [0.4, 0.5) is 17.1 Å². The van der Waals surface area contributed by atoms with Gasteiger partial charge in [-0.3, -0.25) is 0 Å². The summed E-state index contributed by atoms with van der Waals surface area (Å²) in [6.07, 6.45) is 7.77. The Balaban J connectivity index is 1.24. The van der Waals surface area contributed by atoms with E-state index in [1.54, 1.807) is 0 Å². The monoisotopic (exact) mass is 729 g/mol. The zero-order chi connectivity index (χ0) is 37.8. The van der Waals surface area contributed by atoms with Crippen LogP contribution < -0.4 is 9.64 Å². The van der Waals surface area contributed by atoms with Crippen molar-refractivity contribution in [2.75, 3.05) is 4.90 Å². The van der Waals surface area contributed by atoms with Gasteiger partial charge in [-0.2, -0.15) is 0 Å². The molecule has 1 atom stereocenters. The largest absolute Gasteiger partial charge is 0.457 e. The topological polar surface area (TPSA) is 12.5 Å². The van der Waals surface area contributed by atoms with Crippen LogP contribution in [0.2, 0.25) is 0 Å². The van der Waals surface area contributed by atoms with Crippen LogP contribution in [0.1, 0.15) is 45.7 Å². The van der Waals surface area contributed by atoms with Gasteiger partial charge in [0.05, 0.1) is 16.8 Å². The average Bonchev–Trinajstić information content (AvgIpc) is 3.29. The van der Waals surface area contributed by atoms with E-state index in [0.29, 0.717) is 0 Å². The van der Waals surface area contributed by atoms with Crippen LogP contribution in [0.25, 0.3) is 27.8 Å². The lowest BCUT2D eigenvalue weighted by Gasteiger charge is -2.49. The van der Waals surface area contributed by atoms with Crippen molar-refractivity contribution in [1.29, 1.82) is 0 Å². The van der Waals surface area contributed by atoms with Crippen LogP contribution in [0.3, 0.4) is 0 Å². The van der Waals surface area contributed by atoms with E-state index in [4.69, 9.17) is 4.74 Å². The minimum atomic E-state index is -0.698. The normalized spacial score (nSPS) is 15.8. The molecular formula is C55H39NO. The number of rotatable bonds is 5. The summed E-state index contributed by atoms with van der Waals surface area (Å²) in [5, 5.41) is 0. The Morgan fingerprint density at radius 1 is 0.456 bits per heavy atom. The lowest BCUT2D eigenvalue weighted by Crippen LogP contribution is -2.40. The molecule has 8 aromatic rings. The number of allylic oxidation sites excluding steroid dienone is 4. The van der Waals surface area contributed by atoms with Gasteiger partial charge in [0.25, 0.3) is 0 Å². The van der Waals surface area contributed by atoms with Gasteiger partial charge < -0.3 is 9.64 Å². The number of para-hydroxylation sites is 3. The highest BCUT2D eigenvalue weighted by molar-refractivity contribution is 5.94. The van der Waals surface area contributed by atoms with Gasteiger partial charge >= 0.3 is 0 Å². The Hall–Kier alpha value is -7.16. The average molecular weight is 730 g/mol. The second kappa shape index (κ2) is 13.5. The molecule has 2 aliphatic heterocycles. The maximum atomic E-state index is 6.83. The van der Waals surface area contributed by atoms with Crippen molar-refractivity contribution >= 4 is 22.6 Å². The smallest absolute Gasteiger partial charge is 0.132 e. The summed E-state index contributed by atoms with van der Waals surface area (Å²) >= 11 is 0. The van der Waals surface area contributed by atoms with Crippen molar-refractivity contribution in [2.24, 2.45) is 0 Å². The van der Waals surface area contributed by atoms with E-state index < -0.39 is 5.41 Å². The second-order valence-electron chi connectivity index (χ2n) is 15.1. The van der Waals surface area contributed by atoms with E-state index in [1.807, 2.05) is 0 Å². The summed E-state index contributed by atoms with van der Waals surface area (Å²) in [6.45, 7) is 0. The van der Waals surface area contributed by atoms with Crippen molar-refractivity contribution in [2.45, 2.75) is 17.8 Å². The number of hydrogen-bond acceptors (Lipinski definition) is 2. The van der Waals surface area contributed by atoms with Crippen LogP contribution in [0.15, 0.2) is 218 Å². The molecule has 2 nitrogen and oxygen atoms in total. The summed E-state index contributed by atoms with van der Waals surface area (Å²) in [6, 6.07) is 73.0. The second-order valence-corrected chi connectivity index (χ2v) is 15.1. The first-order valence-corrected chi connectivity index (χ1v) is 19.9. The van der Waals surface area contributed by atoms with Crippen LogP contribution in [-0.4, -0.2) is 0 Å². The SMILES string of the molecule is C1=CCC(c2ccc3c(c2)C2(c4ccccc4Oc4ccccc42)c2cc(-c4ccccc4-c4ccccc4)ccc2N3c2ccccc2)C(c2ccccc2)=C1. The number of nitrogens with zero attached hydrogens (tertiary/aromatic N) is 1. The zero-order valence-electron chi connectivity index (χ0n) is 31.4. The van der Waals surface area contributed by atoms with Gasteiger partial charge in [-0.1, -0.05) is 176 Å². The molecule has 11 rings (SSSR count). The molecule has 0 aromatic heterocycles. The molecule has 0 amide bonds. The predicted molar refractivity (Wildman–Crippen MR) is 235 cm³/mol. The highest BCUT2D eigenvalue weighted by atomic mass is 16.5. The van der Waals surface area contributed by atoms with E-state index in [2.05, 4.69) is 223 Å². The highest BCUT2D eigenvalue weighted by Gasteiger charge is 2.51. The predicted octanol–water partition coefficient (Wildman–Crippen LogP) is 14.4. The Bertz CT molecular complexity index is 2810. The number of fused-ring (bicyclic) bond motifs is 8. The minimum absolute atomic E-state index is 0.195. The molecule has 0 bridgehead atoms. The van der Waals surface area contributed by atoms with Crippen molar-refractivity contribution < 1.29 is 4.74 Å². The van der Waals surface area contributed by atoms with Crippen molar-refractivity contribution in [3.63, 3.8) is 0 Å². The summed E-state index contributed by atoms with van der Waals surface area (Å²) in [7, 11) is 0. The lowest BCUT2D eigenvalue weighted by atomic mass is 9.60. The Morgan fingerprint density at radius 2 is 1.00 bits per heavy atom. The van der Waals surface area contributed by atoms with Crippen molar-refractivity contribution in [3.8, 4) is 33.8 Å². The maximum Gasteiger partial charge on any atom is 0.132 e. The molecule has 0 N–H and O–H groups in total. The van der Waals surface area contributed by atoms with Gasteiger partial charge in [-0.15, -0.1) is 0 Å². The summed E-state index contributed by atoms with van der Waals surface area (Å²) in [4.78, 5) is 2.47. The van der Waals surface area contributed by atoms with Gasteiger partial charge in [-0.05, 0) is 99.0 Å². The maximum absolute atomic E-state index is 6.83. The first-order valence-electron chi connectivity index (χ1n) is 19.9. The Kier molecular flexibility index (Phi) is 7.89. The third-order valence-electron chi connectivity index (χ3n) is 12.1. The molecule has 1 unspecified atom stereocenters. The standard InChI is InChI=1S/C55H39NO/c1-4-18-38(19-5-1)43-24-10-12-26-45(43)40-32-34-51-49(36-40)55(47-28-14-16-30-53(47)57-54-31-17-15-29-48(54)55)50-37-41(33-35-52(50)56(51)42-22-8-3-9-23-42)46-27-13-11-25-44(46)39-20-6-2-7-21-39/h1-26,28-37,46H,27H2. The van der Waals surface area contributed by atoms with E-state index in [-0.39, 0.29) is 5.92 Å². The molecule has 270 valence electrons. The molecule has 0 fully saturated rings. The first-order chi connectivity index (χ1) is 28.3. The quantitative estimate of drug-likeness (QED) is 0.175. The van der Waals surface area contributed by atoms with E-state index >= 15 is 0 Å². The van der Waals surface area contributed by atoms with Crippen LogP contribution in [-0.2, 0) is 5.41 Å². The molecule has 0 saturated carbocycles. The Labute approximate surface area is 334 Å². The number of ether oxygens (including phenoxy) is 1. The summed E-state index contributed by atoms with van der Waals surface area (Å²) < 4.78 is 6.83.